The maximum atomic E-state index is 16.1. The number of aromatic nitrogens is 2. The number of hydrogen-bond acceptors (Lipinski definition) is 9. The van der Waals surface area contributed by atoms with E-state index in [9.17, 15) is 30.7 Å². The van der Waals surface area contributed by atoms with Crippen LogP contribution in [-0.4, -0.2) is 86.7 Å². The molecule has 9 nitrogen and oxygen atoms in total. The van der Waals surface area contributed by atoms with Crippen LogP contribution in [0.1, 0.15) is 83.9 Å². The Hall–Kier alpha value is -3.70. The van der Waals surface area contributed by atoms with Crippen molar-refractivity contribution in [3.63, 3.8) is 0 Å². The van der Waals surface area contributed by atoms with Crippen LogP contribution in [0, 0.1) is 12.7 Å². The Kier molecular flexibility index (Phi) is 20.2. The number of morpholine rings is 1. The van der Waals surface area contributed by atoms with Crippen molar-refractivity contribution in [2.45, 2.75) is 98.6 Å². The number of methoxy groups -OCH3 is 1. The van der Waals surface area contributed by atoms with Crippen molar-refractivity contribution in [1.29, 1.82) is 0 Å². The smallest absolute Gasteiger partial charge is 0.425 e. The molecule has 0 bridgehead atoms. The minimum absolute atomic E-state index is 0.140. The van der Waals surface area contributed by atoms with E-state index in [2.05, 4.69) is 45.9 Å². The number of halogens is 8. The molecule has 0 amide bonds. The number of likely N-dealkylation sites (N-methyl/N-ethyl adjacent to an activating group) is 1. The number of rotatable bonds is 10. The summed E-state index contributed by atoms with van der Waals surface area (Å²) in [6.07, 6.45) is -8.74. The van der Waals surface area contributed by atoms with Crippen LogP contribution in [0.2, 0.25) is 0 Å². The van der Waals surface area contributed by atoms with Crippen molar-refractivity contribution in [2.75, 3.05) is 64.6 Å². The quantitative estimate of drug-likeness (QED) is 0.130. The SMILES string of the molecule is C1CC2COCCN2C1.C=C(/C(F)=c1/nc(OC)nc(NCCNC)/c1=C(/C)OC(CC)C(F)(F)F)c1cc(N)c(F)c(C)c1C(F)(F)F.CC.CCC. The number of nitrogens with two attached hydrogens (primary N) is 1. The Balaban J connectivity index is 0.000000866. The van der Waals surface area contributed by atoms with Gasteiger partial charge in [-0.3, -0.25) is 4.90 Å². The number of fused-ring (bicyclic) bond motifs is 1. The Labute approximate surface area is 313 Å². The van der Waals surface area contributed by atoms with Gasteiger partial charge in [0.15, 0.2) is 11.9 Å². The van der Waals surface area contributed by atoms with Gasteiger partial charge >= 0.3 is 18.4 Å². The van der Waals surface area contributed by atoms with E-state index in [1.165, 1.54) is 39.3 Å². The number of benzene rings is 1. The lowest BCUT2D eigenvalue weighted by Gasteiger charge is -2.28. The largest absolute Gasteiger partial charge is 0.485 e. The van der Waals surface area contributed by atoms with E-state index in [1.54, 1.807) is 7.05 Å². The molecule has 2 saturated heterocycles. The van der Waals surface area contributed by atoms with E-state index in [4.69, 9.17) is 19.9 Å². The van der Waals surface area contributed by atoms with Crippen LogP contribution in [0.25, 0.3) is 17.2 Å². The molecule has 3 heterocycles. The fraction of sp³-hybridized carbons (Fsp3) is 0.622. The van der Waals surface area contributed by atoms with E-state index in [-0.39, 0.29) is 12.4 Å². The second-order valence-corrected chi connectivity index (χ2v) is 12.2. The van der Waals surface area contributed by atoms with Crippen molar-refractivity contribution in [3.05, 3.63) is 45.7 Å². The van der Waals surface area contributed by atoms with Gasteiger partial charge < -0.3 is 30.6 Å². The van der Waals surface area contributed by atoms with Gasteiger partial charge in [0.1, 0.15) is 22.7 Å². The average molecular weight is 785 g/mol. The van der Waals surface area contributed by atoms with Crippen molar-refractivity contribution < 1.29 is 49.3 Å². The monoisotopic (exact) mass is 784 g/mol. The first-order valence-electron chi connectivity index (χ1n) is 18.0. The maximum Gasteiger partial charge on any atom is 0.425 e. The summed E-state index contributed by atoms with van der Waals surface area (Å²) in [5, 5.41) is 4.43. The van der Waals surface area contributed by atoms with Gasteiger partial charge in [-0.2, -0.15) is 36.3 Å². The van der Waals surface area contributed by atoms with E-state index in [0.29, 0.717) is 12.6 Å². The highest BCUT2D eigenvalue weighted by Crippen LogP contribution is 2.41. The lowest BCUT2D eigenvalue weighted by molar-refractivity contribution is -0.203. The second kappa shape index (κ2) is 22.6. The first-order valence-corrected chi connectivity index (χ1v) is 18.0. The summed E-state index contributed by atoms with van der Waals surface area (Å²) in [6, 6.07) is 0.884. The fourth-order valence-electron chi connectivity index (χ4n) is 5.57. The topological polar surface area (TPSA) is 107 Å². The Bertz CT molecular complexity index is 1610. The molecule has 0 saturated carbocycles. The zero-order valence-electron chi connectivity index (χ0n) is 32.7. The van der Waals surface area contributed by atoms with Crippen LogP contribution in [0.15, 0.2) is 12.6 Å². The number of ether oxygens (including phenoxy) is 3. The van der Waals surface area contributed by atoms with Crippen molar-refractivity contribution >= 4 is 28.7 Å². The molecule has 2 unspecified atom stereocenters. The molecule has 2 fully saturated rings. The van der Waals surface area contributed by atoms with Crippen LogP contribution in [0.4, 0.5) is 46.6 Å². The first-order chi connectivity index (χ1) is 25.4. The first kappa shape index (κ1) is 48.3. The zero-order chi connectivity index (χ0) is 41.4. The third-order valence-electron chi connectivity index (χ3n) is 8.09. The number of alkyl halides is 6. The minimum atomic E-state index is -5.14. The second-order valence-electron chi connectivity index (χ2n) is 12.2. The molecule has 308 valence electrons. The molecule has 4 N–H and O–H groups in total. The van der Waals surface area contributed by atoms with Crippen molar-refractivity contribution in [3.8, 4) is 6.01 Å². The van der Waals surface area contributed by atoms with Crippen LogP contribution in [0.5, 0.6) is 6.01 Å². The molecule has 0 aliphatic carbocycles. The molecule has 0 radical (unpaired) electrons. The van der Waals surface area contributed by atoms with Gasteiger partial charge in [0.05, 0.1) is 36.8 Å². The molecule has 2 aliphatic rings. The predicted molar refractivity (Wildman–Crippen MR) is 197 cm³/mol. The fourth-order valence-corrected chi connectivity index (χ4v) is 5.57. The van der Waals surface area contributed by atoms with Crippen LogP contribution >= 0.6 is 0 Å². The van der Waals surface area contributed by atoms with E-state index < -0.39 is 86.8 Å². The molecule has 2 atom stereocenters. The van der Waals surface area contributed by atoms with Gasteiger partial charge in [-0.05, 0) is 63.9 Å². The summed E-state index contributed by atoms with van der Waals surface area (Å²) in [7, 11) is 2.74. The molecule has 1 aromatic carbocycles. The molecule has 17 heteroatoms. The van der Waals surface area contributed by atoms with Gasteiger partial charge in [-0.25, -0.2) is 8.78 Å². The summed E-state index contributed by atoms with van der Waals surface area (Å²) in [5.41, 5.74) is 0.590. The van der Waals surface area contributed by atoms with Crippen molar-refractivity contribution in [1.82, 2.24) is 20.2 Å². The van der Waals surface area contributed by atoms with Gasteiger partial charge in [-0.15, -0.1) is 0 Å². The molecule has 2 aliphatic heterocycles. The summed E-state index contributed by atoms with van der Waals surface area (Å²) in [6.45, 7) is 19.7. The molecule has 4 rings (SSSR count). The summed E-state index contributed by atoms with van der Waals surface area (Å²) in [5.74, 6) is -3.55. The summed E-state index contributed by atoms with van der Waals surface area (Å²) >= 11 is 0. The predicted octanol–water partition coefficient (Wildman–Crippen LogP) is 7.37. The van der Waals surface area contributed by atoms with Crippen LogP contribution in [0.3, 0.4) is 0 Å². The van der Waals surface area contributed by atoms with E-state index in [1.807, 2.05) is 13.8 Å². The van der Waals surface area contributed by atoms with Gasteiger partial charge in [0.25, 0.3) is 0 Å². The zero-order valence-corrected chi connectivity index (χ0v) is 32.7. The lowest BCUT2D eigenvalue weighted by atomic mass is 9.94. The number of allylic oxidation sites excluding steroid dienone is 1. The van der Waals surface area contributed by atoms with Gasteiger partial charge in [-0.1, -0.05) is 47.6 Å². The molecular weight excluding hydrogens is 728 g/mol. The standard InChI is InChI=1S/C25H29F8N5O2.C7H13NO.C3H8.C2H6/c1-7-16(24(28,29)30)40-13(4)17-21(37-23(39-6)38-22(17)36-9-8-35-5)20(27)11(2)14-10-15(34)19(26)12(3)18(14)25(31,32)33;1-2-7-6-9-5-4-8(7)3-1;1-3-2;1-2/h10,16,35H,2,7-9,34H2,1,3-6H3,(H,36,37,38);7H,1-6H2;3H2,1-2H3;1-2H3/b17-13-,21-20-;;;. The number of hydrogen-bond donors (Lipinski definition) is 3. The Morgan fingerprint density at radius 2 is 1.74 bits per heavy atom. The Morgan fingerprint density at radius 1 is 1.11 bits per heavy atom. The lowest BCUT2D eigenvalue weighted by Crippen LogP contribution is -2.40. The highest BCUT2D eigenvalue weighted by molar-refractivity contribution is 5.95. The minimum Gasteiger partial charge on any atom is -0.485 e. The maximum absolute atomic E-state index is 16.1. The normalized spacial score (nSPS) is 17.2. The third-order valence-corrected chi connectivity index (χ3v) is 8.09. The van der Waals surface area contributed by atoms with Gasteiger partial charge in [0.2, 0.25) is 0 Å². The number of nitrogen functional groups attached to an aromatic ring is 1. The molecule has 54 heavy (non-hydrogen) atoms. The Morgan fingerprint density at radius 3 is 2.26 bits per heavy atom. The summed E-state index contributed by atoms with van der Waals surface area (Å²) < 4.78 is 128. The molecular formula is C37H56F8N6O3. The molecule has 1 aromatic heterocycles. The van der Waals surface area contributed by atoms with E-state index in [0.717, 1.165) is 40.2 Å². The van der Waals surface area contributed by atoms with E-state index >= 15 is 4.39 Å². The number of anilines is 2. The van der Waals surface area contributed by atoms with Crippen LogP contribution in [-0.2, 0) is 15.7 Å². The molecule has 0 spiro atoms. The molecule has 2 aromatic rings. The highest BCUT2D eigenvalue weighted by atomic mass is 19.4. The average Bonchev–Trinajstić information content (AvgIpc) is 3.61. The summed E-state index contributed by atoms with van der Waals surface area (Å²) in [4.78, 5) is 10.4. The number of nitrogens with zero attached hydrogens (tertiary/aromatic N) is 3. The highest BCUT2D eigenvalue weighted by Gasteiger charge is 2.41. The third kappa shape index (κ3) is 13.3. The van der Waals surface area contributed by atoms with Crippen LogP contribution < -0.4 is 31.7 Å². The van der Waals surface area contributed by atoms with Crippen molar-refractivity contribution in [2.24, 2.45) is 0 Å². The van der Waals surface area contributed by atoms with Gasteiger partial charge in [0, 0.05) is 31.2 Å². The number of nitrogens with one attached hydrogen (secondary N) is 2.